The molecule has 1 atom stereocenters. The highest BCUT2D eigenvalue weighted by molar-refractivity contribution is 5.29. The van der Waals surface area contributed by atoms with Crippen molar-refractivity contribution in [2.75, 3.05) is 0 Å². The van der Waals surface area contributed by atoms with E-state index >= 15 is 0 Å². The summed E-state index contributed by atoms with van der Waals surface area (Å²) in [5.74, 6) is 1.24. The highest BCUT2D eigenvalue weighted by Gasteiger charge is 2.24. The smallest absolute Gasteiger partial charge is 0.0818 e. The summed E-state index contributed by atoms with van der Waals surface area (Å²) in [6.45, 7) is 0. The Hall–Kier alpha value is -0.820. The zero-order chi connectivity index (χ0) is 13.8. The Labute approximate surface area is 123 Å². The zero-order valence-corrected chi connectivity index (χ0v) is 12.6. The number of aliphatic hydroxyl groups excluding tert-OH is 1. The average Bonchev–Trinajstić information content (AvgIpc) is 2.36. The third kappa shape index (κ3) is 3.25. The first-order valence-corrected chi connectivity index (χ1v) is 8.62. The molecule has 2 aliphatic rings. The number of hydrogen-bond acceptors (Lipinski definition) is 1. The summed E-state index contributed by atoms with van der Waals surface area (Å²) in [5, 5.41) is 10.8. The van der Waals surface area contributed by atoms with Crippen LogP contribution in [0, 0.1) is 5.92 Å². The molecular formula is C19H28O. The van der Waals surface area contributed by atoms with Gasteiger partial charge in [0, 0.05) is 0 Å². The average molecular weight is 272 g/mol. The summed E-state index contributed by atoms with van der Waals surface area (Å²) in [4.78, 5) is 0. The van der Waals surface area contributed by atoms with Crippen LogP contribution in [0.3, 0.4) is 0 Å². The summed E-state index contributed by atoms with van der Waals surface area (Å²) in [6, 6.07) is 8.81. The molecule has 0 aromatic heterocycles. The molecule has 3 rings (SSSR count). The third-order valence-electron chi connectivity index (χ3n) is 5.43. The highest BCUT2D eigenvalue weighted by atomic mass is 16.3. The molecule has 0 spiro atoms. The molecule has 2 aliphatic carbocycles. The number of hydrogen-bond donors (Lipinski definition) is 1. The Morgan fingerprint density at radius 3 is 2.20 bits per heavy atom. The van der Waals surface area contributed by atoms with Crippen molar-refractivity contribution in [2.45, 2.75) is 76.2 Å². The summed E-state index contributed by atoms with van der Waals surface area (Å²) in [7, 11) is 0. The van der Waals surface area contributed by atoms with Gasteiger partial charge in [-0.2, -0.15) is 0 Å². The molecule has 0 saturated heterocycles. The number of benzene rings is 1. The van der Waals surface area contributed by atoms with Crippen LogP contribution in [0.4, 0.5) is 0 Å². The maximum atomic E-state index is 10.8. The fourth-order valence-corrected chi connectivity index (χ4v) is 3.81. The molecule has 0 heterocycles. The van der Waals surface area contributed by atoms with Crippen LogP contribution in [0.15, 0.2) is 24.3 Å². The molecule has 2 saturated carbocycles. The van der Waals surface area contributed by atoms with Crippen molar-refractivity contribution in [3.8, 4) is 0 Å². The van der Waals surface area contributed by atoms with Gasteiger partial charge in [0.15, 0.2) is 0 Å². The molecule has 110 valence electrons. The van der Waals surface area contributed by atoms with Crippen molar-refractivity contribution in [2.24, 2.45) is 5.92 Å². The standard InChI is InChI=1S/C19H28O/c20-19(16-8-4-2-1-3-5-9-16)18-13-7-12-17(14-18)15-10-6-11-15/h7,12-16,19-20H,1-6,8-11H2. The summed E-state index contributed by atoms with van der Waals surface area (Å²) in [5.41, 5.74) is 2.62. The quantitative estimate of drug-likeness (QED) is 0.786. The second-order valence-corrected chi connectivity index (χ2v) is 6.85. The lowest BCUT2D eigenvalue weighted by Gasteiger charge is -2.28. The van der Waals surface area contributed by atoms with Crippen LogP contribution in [-0.4, -0.2) is 5.11 Å². The lowest BCUT2D eigenvalue weighted by Crippen LogP contribution is -2.15. The topological polar surface area (TPSA) is 20.2 Å². The minimum absolute atomic E-state index is 0.242. The molecule has 1 unspecified atom stereocenters. The first kappa shape index (κ1) is 14.1. The van der Waals surface area contributed by atoms with Crippen molar-refractivity contribution < 1.29 is 5.11 Å². The largest absolute Gasteiger partial charge is 0.388 e. The monoisotopic (exact) mass is 272 g/mol. The van der Waals surface area contributed by atoms with Crippen LogP contribution in [0.2, 0.25) is 0 Å². The second-order valence-electron chi connectivity index (χ2n) is 6.85. The Kier molecular flexibility index (Phi) is 4.77. The fraction of sp³-hybridized carbons (Fsp3) is 0.684. The molecule has 1 nitrogen and oxygen atoms in total. The van der Waals surface area contributed by atoms with Gasteiger partial charge in [0.25, 0.3) is 0 Å². The third-order valence-corrected chi connectivity index (χ3v) is 5.43. The van der Waals surface area contributed by atoms with E-state index in [2.05, 4.69) is 24.3 Å². The first-order valence-electron chi connectivity index (χ1n) is 8.62. The van der Waals surface area contributed by atoms with E-state index in [0.717, 1.165) is 5.92 Å². The van der Waals surface area contributed by atoms with Gasteiger partial charge >= 0.3 is 0 Å². The van der Waals surface area contributed by atoms with Gasteiger partial charge in [0.1, 0.15) is 0 Å². The molecular weight excluding hydrogens is 244 g/mol. The van der Waals surface area contributed by atoms with E-state index in [0.29, 0.717) is 5.92 Å². The van der Waals surface area contributed by atoms with Gasteiger partial charge in [-0.15, -0.1) is 0 Å². The van der Waals surface area contributed by atoms with E-state index in [1.807, 2.05) is 0 Å². The lowest BCUT2D eigenvalue weighted by molar-refractivity contribution is 0.0911. The predicted octanol–water partition coefficient (Wildman–Crippen LogP) is 5.35. The van der Waals surface area contributed by atoms with Gasteiger partial charge < -0.3 is 5.11 Å². The van der Waals surface area contributed by atoms with Gasteiger partial charge in [0.05, 0.1) is 6.10 Å². The van der Waals surface area contributed by atoms with Crippen LogP contribution in [0.25, 0.3) is 0 Å². The van der Waals surface area contributed by atoms with Crippen LogP contribution in [0.5, 0.6) is 0 Å². The molecule has 1 aromatic rings. The van der Waals surface area contributed by atoms with E-state index in [1.165, 1.54) is 75.3 Å². The maximum absolute atomic E-state index is 10.8. The van der Waals surface area contributed by atoms with Gasteiger partial charge in [-0.25, -0.2) is 0 Å². The Morgan fingerprint density at radius 1 is 0.850 bits per heavy atom. The van der Waals surface area contributed by atoms with Gasteiger partial charge in [-0.3, -0.25) is 0 Å². The van der Waals surface area contributed by atoms with Crippen molar-refractivity contribution in [3.63, 3.8) is 0 Å². The summed E-state index contributed by atoms with van der Waals surface area (Å²) in [6.07, 6.45) is 12.9. The molecule has 0 aliphatic heterocycles. The molecule has 20 heavy (non-hydrogen) atoms. The van der Waals surface area contributed by atoms with Gasteiger partial charge in [-0.1, -0.05) is 62.8 Å². The fourth-order valence-electron chi connectivity index (χ4n) is 3.81. The van der Waals surface area contributed by atoms with Crippen molar-refractivity contribution in [1.82, 2.24) is 0 Å². The first-order chi connectivity index (χ1) is 9.84. The lowest BCUT2D eigenvalue weighted by atomic mass is 9.78. The van der Waals surface area contributed by atoms with E-state index in [1.54, 1.807) is 0 Å². The van der Waals surface area contributed by atoms with E-state index in [9.17, 15) is 5.11 Å². The number of aliphatic hydroxyl groups is 1. The Morgan fingerprint density at radius 2 is 1.55 bits per heavy atom. The molecule has 1 aromatic carbocycles. The molecule has 0 amide bonds. The zero-order valence-electron chi connectivity index (χ0n) is 12.6. The summed E-state index contributed by atoms with van der Waals surface area (Å²) >= 11 is 0. The Bertz CT molecular complexity index is 414. The minimum Gasteiger partial charge on any atom is -0.388 e. The normalized spacial score (nSPS) is 23.6. The van der Waals surface area contributed by atoms with Crippen molar-refractivity contribution in [1.29, 1.82) is 0 Å². The maximum Gasteiger partial charge on any atom is 0.0818 e. The van der Waals surface area contributed by atoms with Crippen LogP contribution in [0.1, 0.15) is 87.4 Å². The van der Waals surface area contributed by atoms with Crippen LogP contribution in [-0.2, 0) is 0 Å². The molecule has 0 radical (unpaired) electrons. The van der Waals surface area contributed by atoms with Gasteiger partial charge in [0.2, 0.25) is 0 Å². The van der Waals surface area contributed by atoms with Crippen molar-refractivity contribution >= 4 is 0 Å². The molecule has 1 N–H and O–H groups in total. The van der Waals surface area contributed by atoms with Crippen LogP contribution >= 0.6 is 0 Å². The minimum atomic E-state index is -0.242. The summed E-state index contributed by atoms with van der Waals surface area (Å²) < 4.78 is 0. The SMILES string of the molecule is OC(c1cccc(C2CCC2)c1)C1CCCCCCC1. The number of rotatable bonds is 3. The van der Waals surface area contributed by atoms with E-state index in [4.69, 9.17) is 0 Å². The van der Waals surface area contributed by atoms with E-state index in [-0.39, 0.29) is 6.10 Å². The molecule has 0 bridgehead atoms. The second kappa shape index (κ2) is 6.76. The van der Waals surface area contributed by atoms with Crippen LogP contribution < -0.4 is 0 Å². The van der Waals surface area contributed by atoms with E-state index < -0.39 is 0 Å². The Balaban J connectivity index is 1.69. The van der Waals surface area contributed by atoms with Crippen molar-refractivity contribution in [3.05, 3.63) is 35.4 Å². The molecule has 2 fully saturated rings. The van der Waals surface area contributed by atoms with Gasteiger partial charge in [-0.05, 0) is 48.6 Å². The molecule has 1 heteroatoms. The highest BCUT2D eigenvalue weighted by Crippen LogP contribution is 2.38. The predicted molar refractivity (Wildman–Crippen MR) is 83.8 cm³/mol.